The molecule has 1 fully saturated rings. The lowest BCUT2D eigenvalue weighted by molar-refractivity contribution is -0.122. The number of benzene rings is 1. The van der Waals surface area contributed by atoms with Crippen LogP contribution >= 0.6 is 20.2 Å². The molecule has 1 atom stereocenters. The Bertz CT molecular complexity index is 612. The zero-order valence-corrected chi connectivity index (χ0v) is 18.4. The Kier molecular flexibility index (Phi) is 14.7. The van der Waals surface area contributed by atoms with Gasteiger partial charge in [-0.15, -0.1) is 12.4 Å². The molecule has 1 heterocycles. The molecular formula is C18H34ClN2O6P. The van der Waals surface area contributed by atoms with Crippen LogP contribution in [-0.4, -0.2) is 50.1 Å². The van der Waals surface area contributed by atoms with E-state index >= 15 is 0 Å². The number of likely N-dealkylation sites (tertiary alicyclic amines) is 1. The van der Waals surface area contributed by atoms with Gasteiger partial charge in [0.25, 0.3) is 0 Å². The highest BCUT2D eigenvalue weighted by atomic mass is 35.5. The van der Waals surface area contributed by atoms with Gasteiger partial charge in [-0.25, -0.2) is 4.57 Å². The fourth-order valence-electron chi connectivity index (χ4n) is 3.13. The van der Waals surface area contributed by atoms with E-state index in [0.29, 0.717) is 0 Å². The summed E-state index contributed by atoms with van der Waals surface area (Å²) < 4.78 is 8.88. The molecule has 8 nitrogen and oxygen atoms in total. The van der Waals surface area contributed by atoms with Crippen molar-refractivity contribution < 1.29 is 29.5 Å². The lowest BCUT2D eigenvalue weighted by Gasteiger charge is -2.34. The molecule has 0 saturated carbocycles. The third-order valence-electron chi connectivity index (χ3n) is 4.44. The molecule has 0 radical (unpaired) electrons. The number of carbonyl (C=O) groups excluding carboxylic acids is 1. The van der Waals surface area contributed by atoms with Crippen molar-refractivity contribution in [3.05, 3.63) is 29.3 Å². The number of halogens is 1. The van der Waals surface area contributed by atoms with Crippen molar-refractivity contribution in [1.29, 1.82) is 0 Å². The normalized spacial score (nSPS) is 16.7. The highest BCUT2D eigenvalue weighted by Crippen LogP contribution is 2.26. The van der Waals surface area contributed by atoms with Crippen LogP contribution < -0.4 is 5.32 Å². The maximum Gasteiger partial charge on any atom is 0.466 e. The highest BCUT2D eigenvalue weighted by molar-refractivity contribution is 7.45. The lowest BCUT2D eigenvalue weighted by Crippen LogP contribution is -2.47. The number of hydrogen-bond donors (Lipinski definition) is 4. The Balaban J connectivity index is 0. The van der Waals surface area contributed by atoms with Crippen molar-refractivity contribution in [2.45, 2.75) is 58.9 Å². The number of rotatable bonds is 5. The Hall–Kier alpha value is -0.990. The van der Waals surface area contributed by atoms with E-state index in [0.717, 1.165) is 42.7 Å². The van der Waals surface area contributed by atoms with Gasteiger partial charge in [0.15, 0.2) is 0 Å². The molecule has 1 aliphatic heterocycles. The zero-order chi connectivity index (χ0) is 19.7. The minimum Gasteiger partial charge on any atom is -0.412 e. The van der Waals surface area contributed by atoms with Gasteiger partial charge in [0.1, 0.15) is 0 Å². The van der Waals surface area contributed by atoms with Crippen LogP contribution in [0.4, 0.5) is 5.69 Å². The van der Waals surface area contributed by atoms with Gasteiger partial charge < -0.3 is 25.5 Å². The first kappa shape index (κ1) is 29.2. The molecule has 164 valence electrons. The van der Waals surface area contributed by atoms with Crippen molar-refractivity contribution in [1.82, 2.24) is 4.90 Å². The van der Waals surface area contributed by atoms with Crippen molar-refractivity contribution in [3.8, 4) is 0 Å². The first-order valence-corrected chi connectivity index (χ1v) is 10.6. The summed E-state index contributed by atoms with van der Waals surface area (Å²) in [6.07, 6.45) is 5.72. The number of amides is 1. The number of nitrogens with zero attached hydrogens (tertiary/aromatic N) is 1. The molecule has 1 amide bonds. The van der Waals surface area contributed by atoms with Gasteiger partial charge in [-0.2, -0.15) is 0 Å². The van der Waals surface area contributed by atoms with Crippen molar-refractivity contribution >= 4 is 31.8 Å². The second-order valence-corrected chi connectivity index (χ2v) is 7.70. The average Bonchev–Trinajstić information content (AvgIpc) is 2.55. The van der Waals surface area contributed by atoms with E-state index in [1.54, 1.807) is 0 Å². The number of piperidine rings is 1. The zero-order valence-electron chi connectivity index (χ0n) is 16.7. The van der Waals surface area contributed by atoms with Crippen molar-refractivity contribution in [3.63, 3.8) is 0 Å². The first-order chi connectivity index (χ1) is 12.1. The van der Waals surface area contributed by atoms with Crippen LogP contribution in [0, 0.1) is 13.8 Å². The summed E-state index contributed by atoms with van der Waals surface area (Å²) in [7, 11) is -4.64. The predicted octanol–water partition coefficient (Wildman–Crippen LogP) is 2.57. The number of unbranched alkanes of at least 4 members (excludes halogenated alkanes) is 1. The third kappa shape index (κ3) is 11.1. The van der Waals surface area contributed by atoms with E-state index in [1.807, 2.05) is 6.07 Å². The first-order valence-electron chi connectivity index (χ1n) is 9.03. The number of anilines is 1. The lowest BCUT2D eigenvalue weighted by atomic mass is 10.00. The fourth-order valence-corrected chi connectivity index (χ4v) is 3.13. The number of nitrogens with one attached hydrogen (secondary N) is 1. The molecule has 0 aromatic heterocycles. The molecule has 0 aliphatic carbocycles. The third-order valence-corrected chi connectivity index (χ3v) is 4.44. The minimum atomic E-state index is -4.64. The van der Waals surface area contributed by atoms with E-state index in [1.165, 1.54) is 19.3 Å². The standard InChI is InChI=1S/C18H28N2O.ClH.H3O4P.H2O/c1-4-5-12-20-13-7-6-11-16(20)18(21)19-17-14(2)9-8-10-15(17)3;;1-5(2,3)4;/h8-10,16H,4-7,11-13H2,1-3H3,(H,19,21);1H;(H3,1,2,3,4);1H2. The molecule has 1 aromatic carbocycles. The molecule has 1 aromatic rings. The second-order valence-electron chi connectivity index (χ2n) is 6.67. The molecule has 6 N–H and O–H groups in total. The summed E-state index contributed by atoms with van der Waals surface area (Å²) in [6, 6.07) is 6.19. The molecule has 1 unspecified atom stereocenters. The Labute approximate surface area is 173 Å². The number of carbonyl (C=O) groups is 1. The summed E-state index contributed by atoms with van der Waals surface area (Å²) in [5.41, 5.74) is 3.27. The van der Waals surface area contributed by atoms with E-state index in [4.69, 9.17) is 19.2 Å². The van der Waals surface area contributed by atoms with E-state index in [2.05, 4.69) is 43.1 Å². The molecule has 0 spiro atoms. The smallest absolute Gasteiger partial charge is 0.412 e. The van der Waals surface area contributed by atoms with E-state index < -0.39 is 7.82 Å². The molecule has 0 bridgehead atoms. The van der Waals surface area contributed by atoms with Crippen LogP contribution in [-0.2, 0) is 9.36 Å². The van der Waals surface area contributed by atoms with Crippen LogP contribution in [0.5, 0.6) is 0 Å². The number of aryl methyl sites for hydroxylation is 2. The SMILES string of the molecule is CCCCN1CCCCC1C(=O)Nc1c(C)cccc1C.Cl.O.O=P(O)(O)O. The van der Waals surface area contributed by atoms with Crippen LogP contribution in [0.3, 0.4) is 0 Å². The Morgan fingerprint density at radius 1 is 1.21 bits per heavy atom. The maximum absolute atomic E-state index is 12.7. The summed E-state index contributed by atoms with van der Waals surface area (Å²) in [4.78, 5) is 36.6. The minimum absolute atomic E-state index is 0. The molecule has 28 heavy (non-hydrogen) atoms. The van der Waals surface area contributed by atoms with Crippen molar-refractivity contribution in [2.24, 2.45) is 0 Å². The summed E-state index contributed by atoms with van der Waals surface area (Å²) >= 11 is 0. The van der Waals surface area contributed by atoms with Gasteiger partial charge in [-0.1, -0.05) is 38.0 Å². The largest absolute Gasteiger partial charge is 0.466 e. The van der Waals surface area contributed by atoms with Crippen LogP contribution in [0.15, 0.2) is 18.2 Å². The number of para-hydroxylation sites is 1. The fraction of sp³-hybridized carbons (Fsp3) is 0.611. The van der Waals surface area contributed by atoms with Gasteiger partial charge in [0.2, 0.25) is 5.91 Å². The average molecular weight is 441 g/mol. The Morgan fingerprint density at radius 3 is 2.25 bits per heavy atom. The number of phosphoric acid groups is 1. The van der Waals surface area contributed by atoms with Gasteiger partial charge >= 0.3 is 7.82 Å². The van der Waals surface area contributed by atoms with Gasteiger partial charge in [0.05, 0.1) is 6.04 Å². The molecule has 10 heteroatoms. The molecule has 2 rings (SSSR count). The van der Waals surface area contributed by atoms with Gasteiger partial charge in [-0.3, -0.25) is 9.69 Å². The number of hydrogen-bond acceptors (Lipinski definition) is 3. The van der Waals surface area contributed by atoms with E-state index in [-0.39, 0.29) is 29.8 Å². The molecular weight excluding hydrogens is 407 g/mol. The predicted molar refractivity (Wildman–Crippen MR) is 114 cm³/mol. The topological polar surface area (TPSA) is 142 Å². The van der Waals surface area contributed by atoms with Crippen molar-refractivity contribution in [2.75, 3.05) is 18.4 Å². The molecule has 1 saturated heterocycles. The van der Waals surface area contributed by atoms with Crippen LogP contribution in [0.2, 0.25) is 0 Å². The van der Waals surface area contributed by atoms with E-state index in [9.17, 15) is 4.79 Å². The van der Waals surface area contributed by atoms with Gasteiger partial charge in [-0.05, 0) is 57.3 Å². The monoisotopic (exact) mass is 440 g/mol. The quantitative estimate of drug-likeness (QED) is 0.518. The highest BCUT2D eigenvalue weighted by Gasteiger charge is 2.28. The van der Waals surface area contributed by atoms with Crippen LogP contribution in [0.25, 0.3) is 0 Å². The van der Waals surface area contributed by atoms with Crippen LogP contribution in [0.1, 0.15) is 50.2 Å². The molecule has 1 aliphatic rings. The summed E-state index contributed by atoms with van der Waals surface area (Å²) in [5.74, 6) is 0.170. The summed E-state index contributed by atoms with van der Waals surface area (Å²) in [6.45, 7) is 8.42. The second kappa shape index (κ2) is 14.1. The van der Waals surface area contributed by atoms with Gasteiger partial charge in [0, 0.05) is 5.69 Å². The summed E-state index contributed by atoms with van der Waals surface area (Å²) in [5, 5.41) is 3.17. The maximum atomic E-state index is 12.7. The Morgan fingerprint density at radius 2 is 1.75 bits per heavy atom.